The van der Waals surface area contributed by atoms with Crippen LogP contribution in [0.25, 0.3) is 0 Å². The molecular formula is C20H24FN3O5. The largest absolute Gasteiger partial charge is 0.454 e. The van der Waals surface area contributed by atoms with Crippen molar-refractivity contribution in [3.8, 4) is 0 Å². The van der Waals surface area contributed by atoms with Gasteiger partial charge in [0, 0.05) is 6.54 Å². The van der Waals surface area contributed by atoms with E-state index < -0.39 is 42.5 Å². The molecule has 3 rings (SSSR count). The summed E-state index contributed by atoms with van der Waals surface area (Å²) in [6.45, 7) is 1.00. The molecule has 1 aromatic carbocycles. The summed E-state index contributed by atoms with van der Waals surface area (Å²) in [5.74, 6) is -2.18. The van der Waals surface area contributed by atoms with Crippen molar-refractivity contribution in [3.63, 3.8) is 0 Å². The maximum atomic E-state index is 12.9. The Balaban J connectivity index is 1.46. The van der Waals surface area contributed by atoms with Crippen molar-refractivity contribution < 1.29 is 28.3 Å². The lowest BCUT2D eigenvalue weighted by atomic mass is 9.73. The lowest BCUT2D eigenvalue weighted by Crippen LogP contribution is -2.54. The molecule has 9 heteroatoms. The molecule has 0 radical (unpaired) electrons. The maximum Gasteiger partial charge on any atom is 0.326 e. The molecule has 1 aliphatic heterocycles. The first-order chi connectivity index (χ1) is 13.8. The zero-order valence-corrected chi connectivity index (χ0v) is 16.2. The van der Waals surface area contributed by atoms with Gasteiger partial charge in [-0.3, -0.25) is 19.3 Å². The zero-order chi connectivity index (χ0) is 21.0. The summed E-state index contributed by atoms with van der Waals surface area (Å²) in [6.07, 6.45) is 3.22. The predicted octanol–water partition coefficient (Wildman–Crippen LogP) is 1.49. The van der Waals surface area contributed by atoms with Gasteiger partial charge in [-0.05, 0) is 36.5 Å². The summed E-state index contributed by atoms with van der Waals surface area (Å²) < 4.78 is 17.7. The van der Waals surface area contributed by atoms with Crippen molar-refractivity contribution in [2.75, 3.05) is 13.2 Å². The van der Waals surface area contributed by atoms with Crippen molar-refractivity contribution in [2.24, 2.45) is 5.92 Å². The molecule has 1 saturated carbocycles. The molecule has 2 N–H and O–H groups in total. The minimum atomic E-state index is -0.942. The van der Waals surface area contributed by atoms with Crippen molar-refractivity contribution in [1.29, 1.82) is 0 Å². The van der Waals surface area contributed by atoms with E-state index >= 15 is 0 Å². The number of hydrogen-bond donors (Lipinski definition) is 2. The van der Waals surface area contributed by atoms with E-state index in [1.165, 1.54) is 24.3 Å². The lowest BCUT2D eigenvalue weighted by molar-refractivity contribution is -0.151. The molecule has 0 aromatic heterocycles. The van der Waals surface area contributed by atoms with E-state index in [0.29, 0.717) is 12.0 Å². The molecule has 8 nitrogen and oxygen atoms in total. The molecule has 2 aliphatic rings. The molecule has 1 aromatic rings. The quantitative estimate of drug-likeness (QED) is 0.551. The van der Waals surface area contributed by atoms with E-state index in [0.717, 1.165) is 24.2 Å². The van der Waals surface area contributed by atoms with Crippen LogP contribution in [0, 0.1) is 11.7 Å². The van der Waals surface area contributed by atoms with Gasteiger partial charge >= 0.3 is 12.0 Å². The number of halogens is 1. The minimum absolute atomic E-state index is 0.00837. The highest BCUT2D eigenvalue weighted by Crippen LogP contribution is 2.38. The van der Waals surface area contributed by atoms with Gasteiger partial charge in [0.15, 0.2) is 6.61 Å². The second-order valence-electron chi connectivity index (χ2n) is 7.50. The van der Waals surface area contributed by atoms with Crippen LogP contribution >= 0.6 is 0 Å². The first-order valence-corrected chi connectivity index (χ1v) is 9.63. The van der Waals surface area contributed by atoms with Crippen LogP contribution in [0.15, 0.2) is 24.3 Å². The third kappa shape index (κ3) is 4.55. The number of carbonyl (C=O) groups is 4. The van der Waals surface area contributed by atoms with E-state index in [-0.39, 0.29) is 18.3 Å². The zero-order valence-electron chi connectivity index (χ0n) is 16.2. The molecule has 1 heterocycles. The normalized spacial score (nSPS) is 23.8. The maximum absolute atomic E-state index is 12.9. The van der Waals surface area contributed by atoms with Crippen molar-refractivity contribution in [2.45, 2.75) is 44.7 Å². The molecule has 1 aliphatic carbocycles. The van der Waals surface area contributed by atoms with Crippen molar-refractivity contribution >= 4 is 23.8 Å². The van der Waals surface area contributed by atoms with Crippen LogP contribution in [0.2, 0.25) is 0 Å². The molecule has 0 bridgehead atoms. The van der Waals surface area contributed by atoms with E-state index in [1.807, 2.05) is 6.92 Å². The molecule has 156 valence electrons. The highest BCUT2D eigenvalue weighted by molar-refractivity contribution is 6.09. The number of benzene rings is 1. The molecule has 2 atom stereocenters. The van der Waals surface area contributed by atoms with E-state index in [4.69, 9.17) is 4.74 Å². The van der Waals surface area contributed by atoms with Crippen LogP contribution in [-0.2, 0) is 25.7 Å². The average Bonchev–Trinajstić information content (AvgIpc) is 2.93. The standard InChI is InChI=1S/C20H24FN3O5/c1-13-4-2-3-9-20(13)18(27)24(19(28)23-20)11-17(26)29-12-16(25)22-10-14-5-7-15(21)8-6-14/h5-8,13H,2-4,9-12H2,1H3,(H,22,25)(H,23,28)/t13-,20+/m1/s1. The monoisotopic (exact) mass is 405 g/mol. The lowest BCUT2D eigenvalue weighted by Gasteiger charge is -2.36. The van der Waals surface area contributed by atoms with Gasteiger partial charge in [0.25, 0.3) is 11.8 Å². The molecule has 1 spiro atoms. The number of ether oxygens (including phenoxy) is 1. The fourth-order valence-electron chi connectivity index (χ4n) is 3.81. The van der Waals surface area contributed by atoms with Crippen LogP contribution in [0.1, 0.15) is 38.2 Å². The fraction of sp³-hybridized carbons (Fsp3) is 0.500. The number of urea groups is 1. The number of carbonyl (C=O) groups excluding carboxylic acids is 4. The summed E-state index contributed by atoms with van der Waals surface area (Å²) in [4.78, 5) is 49.7. The number of rotatable bonds is 6. The Hall–Kier alpha value is -2.97. The van der Waals surface area contributed by atoms with Crippen molar-refractivity contribution in [1.82, 2.24) is 15.5 Å². The number of hydrogen-bond acceptors (Lipinski definition) is 5. The van der Waals surface area contributed by atoms with E-state index in [2.05, 4.69) is 10.6 Å². The van der Waals surface area contributed by atoms with Crippen LogP contribution in [0.3, 0.4) is 0 Å². The second kappa shape index (κ2) is 8.59. The molecule has 4 amide bonds. The van der Waals surface area contributed by atoms with Gasteiger partial charge < -0.3 is 15.4 Å². The summed E-state index contributed by atoms with van der Waals surface area (Å²) >= 11 is 0. The van der Waals surface area contributed by atoms with Gasteiger partial charge in [0.05, 0.1) is 0 Å². The van der Waals surface area contributed by atoms with Gasteiger partial charge in [-0.15, -0.1) is 0 Å². The third-order valence-corrected chi connectivity index (χ3v) is 5.56. The first kappa shape index (κ1) is 20.8. The molecule has 29 heavy (non-hydrogen) atoms. The van der Waals surface area contributed by atoms with Gasteiger partial charge in [-0.2, -0.15) is 0 Å². The minimum Gasteiger partial charge on any atom is -0.454 e. The van der Waals surface area contributed by atoms with Crippen molar-refractivity contribution in [3.05, 3.63) is 35.6 Å². The Morgan fingerprint density at radius 2 is 2.00 bits per heavy atom. The van der Waals surface area contributed by atoms with Crippen LogP contribution in [0.4, 0.5) is 9.18 Å². The number of nitrogens with one attached hydrogen (secondary N) is 2. The van der Waals surface area contributed by atoms with E-state index in [1.54, 1.807) is 0 Å². The summed E-state index contributed by atoms with van der Waals surface area (Å²) in [5.41, 5.74) is -0.250. The highest BCUT2D eigenvalue weighted by atomic mass is 19.1. The van der Waals surface area contributed by atoms with Crippen LogP contribution in [0.5, 0.6) is 0 Å². The highest BCUT2D eigenvalue weighted by Gasteiger charge is 2.55. The molecule has 0 unspecified atom stereocenters. The fourth-order valence-corrected chi connectivity index (χ4v) is 3.81. The summed E-state index contributed by atoms with van der Waals surface area (Å²) in [7, 11) is 0. The SMILES string of the molecule is C[C@@H]1CCCC[C@]12NC(=O)N(CC(=O)OCC(=O)NCc1ccc(F)cc1)C2=O. The van der Waals surface area contributed by atoms with Gasteiger partial charge in [-0.25, -0.2) is 9.18 Å². The molecular weight excluding hydrogens is 381 g/mol. The Morgan fingerprint density at radius 3 is 2.69 bits per heavy atom. The number of imide groups is 1. The Bertz CT molecular complexity index is 813. The number of amides is 4. The third-order valence-electron chi connectivity index (χ3n) is 5.56. The Labute approximate surface area is 167 Å². The number of esters is 1. The summed E-state index contributed by atoms with van der Waals surface area (Å²) in [5, 5.41) is 5.29. The number of nitrogens with zero attached hydrogens (tertiary/aromatic N) is 1. The molecule has 1 saturated heterocycles. The molecule has 2 fully saturated rings. The average molecular weight is 405 g/mol. The predicted molar refractivity (Wildman–Crippen MR) is 99.8 cm³/mol. The van der Waals surface area contributed by atoms with Gasteiger partial charge in [0.1, 0.15) is 17.9 Å². The Kier molecular flexibility index (Phi) is 6.14. The topological polar surface area (TPSA) is 105 Å². The van der Waals surface area contributed by atoms with Gasteiger partial charge in [-0.1, -0.05) is 31.9 Å². The van der Waals surface area contributed by atoms with Crippen LogP contribution < -0.4 is 10.6 Å². The first-order valence-electron chi connectivity index (χ1n) is 9.63. The van der Waals surface area contributed by atoms with Gasteiger partial charge in [0.2, 0.25) is 0 Å². The smallest absolute Gasteiger partial charge is 0.326 e. The second-order valence-corrected chi connectivity index (χ2v) is 7.50. The van der Waals surface area contributed by atoms with E-state index in [9.17, 15) is 23.6 Å². The summed E-state index contributed by atoms with van der Waals surface area (Å²) in [6, 6.07) is 5.00. The van der Waals surface area contributed by atoms with Crippen LogP contribution in [-0.4, -0.2) is 47.4 Å². The Morgan fingerprint density at radius 1 is 1.28 bits per heavy atom.